The zero-order valence-electron chi connectivity index (χ0n) is 22.6. The van der Waals surface area contributed by atoms with Gasteiger partial charge in [-0.05, 0) is 108 Å². The largest absolute Gasteiger partial charge is 0.489 e. The van der Waals surface area contributed by atoms with Crippen LogP contribution in [0, 0.1) is 0 Å². The van der Waals surface area contributed by atoms with Gasteiger partial charge in [0.05, 0.1) is 12.7 Å². The lowest BCUT2D eigenvalue weighted by Gasteiger charge is -2.19. The summed E-state index contributed by atoms with van der Waals surface area (Å²) >= 11 is 13.0. The molecule has 0 radical (unpaired) electrons. The second-order valence-electron chi connectivity index (χ2n) is 10.4. The molecule has 6 heteroatoms. The Morgan fingerprint density at radius 3 is 2.54 bits per heavy atom. The third kappa shape index (κ3) is 6.35. The summed E-state index contributed by atoms with van der Waals surface area (Å²) in [7, 11) is 1.41. The van der Waals surface area contributed by atoms with Crippen LogP contribution in [0.3, 0.4) is 0 Å². The maximum absolute atomic E-state index is 12.3. The lowest BCUT2D eigenvalue weighted by atomic mass is 9.87. The van der Waals surface area contributed by atoms with E-state index in [0.29, 0.717) is 15.6 Å². The van der Waals surface area contributed by atoms with Crippen molar-refractivity contribution in [2.24, 2.45) is 0 Å². The van der Waals surface area contributed by atoms with Crippen molar-refractivity contribution in [1.82, 2.24) is 4.90 Å². The monoisotopic (exact) mass is 563 g/mol. The number of carbonyl (C=O) groups excluding carboxylic acids is 1. The number of nitrogens with zero attached hydrogens (tertiary/aromatic N) is 1. The number of rotatable bonds is 8. The summed E-state index contributed by atoms with van der Waals surface area (Å²) in [4.78, 5) is 14.8. The Morgan fingerprint density at radius 1 is 1.00 bits per heavy atom. The average molecular weight is 565 g/mol. The van der Waals surface area contributed by atoms with Crippen molar-refractivity contribution in [1.29, 1.82) is 0 Å². The number of hydrogen-bond donors (Lipinski definition) is 0. The van der Waals surface area contributed by atoms with Crippen molar-refractivity contribution in [2.45, 2.75) is 51.6 Å². The summed E-state index contributed by atoms with van der Waals surface area (Å²) in [5, 5.41) is 1.25. The highest BCUT2D eigenvalue weighted by Crippen LogP contribution is 2.42. The minimum Gasteiger partial charge on any atom is -0.489 e. The number of hydrogen-bond acceptors (Lipinski definition) is 4. The van der Waals surface area contributed by atoms with Crippen LogP contribution >= 0.6 is 23.2 Å². The molecule has 1 aliphatic carbocycles. The van der Waals surface area contributed by atoms with E-state index in [-0.39, 0.29) is 12.1 Å². The third-order valence-electron chi connectivity index (χ3n) is 7.73. The molecule has 0 aromatic heterocycles. The fourth-order valence-electron chi connectivity index (χ4n) is 5.74. The Balaban J connectivity index is 1.51. The molecule has 4 nitrogen and oxygen atoms in total. The molecule has 1 saturated heterocycles. The van der Waals surface area contributed by atoms with Crippen molar-refractivity contribution in [3.05, 3.63) is 98.5 Å². The summed E-state index contributed by atoms with van der Waals surface area (Å²) in [5.74, 6) is 0.567. The van der Waals surface area contributed by atoms with Gasteiger partial charge in [-0.1, -0.05) is 60.8 Å². The number of halogens is 2. The van der Waals surface area contributed by atoms with Crippen molar-refractivity contribution in [3.8, 4) is 5.75 Å². The van der Waals surface area contributed by atoms with Crippen molar-refractivity contribution in [3.63, 3.8) is 0 Å². The van der Waals surface area contributed by atoms with Gasteiger partial charge in [0.2, 0.25) is 0 Å². The topological polar surface area (TPSA) is 38.8 Å². The predicted octanol–water partition coefficient (Wildman–Crippen LogP) is 8.33. The number of aryl methyl sites for hydroxylation is 1. The second-order valence-corrected chi connectivity index (χ2v) is 11.2. The molecule has 0 N–H and O–H groups in total. The molecule has 5 rings (SSSR count). The molecule has 1 fully saturated rings. The van der Waals surface area contributed by atoms with E-state index in [2.05, 4.69) is 36.1 Å². The van der Waals surface area contributed by atoms with E-state index >= 15 is 0 Å². The number of carbonyl (C=O) groups is 1. The van der Waals surface area contributed by atoms with Gasteiger partial charge in [-0.2, -0.15) is 0 Å². The number of esters is 1. The smallest absolute Gasteiger partial charge is 0.337 e. The molecule has 2 aliphatic rings. The molecule has 0 spiro atoms. The quantitative estimate of drug-likeness (QED) is 0.258. The first-order valence-electron chi connectivity index (χ1n) is 13.9. The van der Waals surface area contributed by atoms with E-state index in [1.807, 2.05) is 30.3 Å². The predicted molar refractivity (Wildman–Crippen MR) is 160 cm³/mol. The van der Waals surface area contributed by atoms with Crippen molar-refractivity contribution in [2.75, 3.05) is 26.7 Å². The average Bonchev–Trinajstić information content (AvgIpc) is 3.30. The standard InChI is InChI=1S/C33H35Cl2NO3/c1-3-4-17-36-18-16-27(21-36)39-26-12-8-22(9-13-26)32-28-14-10-24(33(37)38-2)19-23(28)6-5-7-30(32)29-15-11-25(34)20-31(29)35/h8-15,19-20,27H,3-7,16-18,21H2,1-2H3/t27-/m0/s1. The van der Waals surface area contributed by atoms with Gasteiger partial charge in [-0.25, -0.2) is 4.79 Å². The van der Waals surface area contributed by atoms with E-state index < -0.39 is 0 Å². The molecule has 0 saturated carbocycles. The van der Waals surface area contributed by atoms with Crippen LogP contribution < -0.4 is 4.74 Å². The summed E-state index contributed by atoms with van der Waals surface area (Å²) in [5.41, 5.74) is 7.19. The lowest BCUT2D eigenvalue weighted by Crippen LogP contribution is -2.25. The summed E-state index contributed by atoms with van der Waals surface area (Å²) in [6, 6.07) is 20.0. The molecule has 3 aromatic carbocycles. The molecular weight excluding hydrogens is 529 g/mol. The number of likely N-dealkylation sites (tertiary alicyclic amines) is 1. The minimum atomic E-state index is -0.324. The molecule has 1 aliphatic heterocycles. The lowest BCUT2D eigenvalue weighted by molar-refractivity contribution is 0.0600. The Kier molecular flexibility index (Phi) is 8.96. The van der Waals surface area contributed by atoms with Crippen LogP contribution in [-0.4, -0.2) is 43.7 Å². The second kappa shape index (κ2) is 12.6. The highest BCUT2D eigenvalue weighted by atomic mass is 35.5. The van der Waals surface area contributed by atoms with Gasteiger partial charge in [-0.3, -0.25) is 4.90 Å². The zero-order chi connectivity index (χ0) is 27.4. The van der Waals surface area contributed by atoms with E-state index in [1.54, 1.807) is 6.07 Å². The Morgan fingerprint density at radius 2 is 1.79 bits per heavy atom. The summed E-state index contributed by atoms with van der Waals surface area (Å²) < 4.78 is 11.4. The maximum atomic E-state index is 12.3. The fraction of sp³-hybridized carbons (Fsp3) is 0.364. The number of benzene rings is 3. The van der Waals surface area contributed by atoms with Gasteiger partial charge >= 0.3 is 5.97 Å². The van der Waals surface area contributed by atoms with Crippen LogP contribution in [0.4, 0.5) is 0 Å². The number of allylic oxidation sites excluding steroid dienone is 1. The molecule has 0 unspecified atom stereocenters. The van der Waals surface area contributed by atoms with E-state index in [4.69, 9.17) is 32.7 Å². The fourth-order valence-corrected chi connectivity index (χ4v) is 6.26. The van der Waals surface area contributed by atoms with Crippen LogP contribution in [0.1, 0.15) is 71.6 Å². The van der Waals surface area contributed by atoms with Gasteiger partial charge in [0, 0.05) is 23.1 Å². The Hall–Kier alpha value is -2.79. The van der Waals surface area contributed by atoms with Crippen molar-refractivity contribution >= 4 is 40.3 Å². The van der Waals surface area contributed by atoms with Crippen LogP contribution in [0.25, 0.3) is 11.1 Å². The highest BCUT2D eigenvalue weighted by Gasteiger charge is 2.25. The molecule has 1 atom stereocenters. The van der Waals surface area contributed by atoms with E-state index in [0.717, 1.165) is 78.9 Å². The van der Waals surface area contributed by atoms with Crippen LogP contribution in [-0.2, 0) is 11.2 Å². The van der Waals surface area contributed by atoms with E-state index in [1.165, 1.54) is 25.5 Å². The SMILES string of the molecule is CCCCN1CC[C@H](Oc2ccc(C3=C(c4ccc(Cl)cc4Cl)CCCc4cc(C(=O)OC)ccc43)cc2)C1. The number of unbranched alkanes of at least 4 members (excludes halogenated alkanes) is 1. The Bertz CT molecular complexity index is 1370. The molecule has 1 heterocycles. The minimum absolute atomic E-state index is 0.228. The van der Waals surface area contributed by atoms with Crippen LogP contribution in [0.5, 0.6) is 5.75 Å². The first-order valence-corrected chi connectivity index (χ1v) is 14.6. The summed E-state index contributed by atoms with van der Waals surface area (Å²) in [6.45, 7) is 5.47. The van der Waals surface area contributed by atoms with E-state index in [9.17, 15) is 4.79 Å². The van der Waals surface area contributed by atoms with Crippen LogP contribution in [0.2, 0.25) is 10.0 Å². The first kappa shape index (κ1) is 27.8. The van der Waals surface area contributed by atoms with Crippen molar-refractivity contribution < 1.29 is 14.3 Å². The summed E-state index contributed by atoms with van der Waals surface area (Å²) in [6.07, 6.45) is 6.39. The zero-order valence-corrected chi connectivity index (χ0v) is 24.2. The number of ether oxygens (including phenoxy) is 2. The third-order valence-corrected chi connectivity index (χ3v) is 8.28. The number of methoxy groups -OCH3 is 1. The van der Waals surface area contributed by atoms with Gasteiger partial charge in [0.15, 0.2) is 0 Å². The van der Waals surface area contributed by atoms with Gasteiger partial charge in [-0.15, -0.1) is 0 Å². The molecule has 0 bridgehead atoms. The highest BCUT2D eigenvalue weighted by molar-refractivity contribution is 6.36. The van der Waals surface area contributed by atoms with Gasteiger partial charge < -0.3 is 9.47 Å². The Labute approximate surface area is 241 Å². The normalized spacial score (nSPS) is 17.6. The molecule has 0 amide bonds. The van der Waals surface area contributed by atoms with Gasteiger partial charge in [0.25, 0.3) is 0 Å². The molecule has 204 valence electrons. The molecular formula is C33H35Cl2NO3. The molecule has 3 aromatic rings. The first-order chi connectivity index (χ1) is 19.0. The molecule has 39 heavy (non-hydrogen) atoms. The van der Waals surface area contributed by atoms with Gasteiger partial charge in [0.1, 0.15) is 11.9 Å². The van der Waals surface area contributed by atoms with Crippen LogP contribution in [0.15, 0.2) is 60.7 Å². The maximum Gasteiger partial charge on any atom is 0.337 e. The number of fused-ring (bicyclic) bond motifs is 1.